The molecule has 6 saturated carbocycles. The minimum absolute atomic E-state index is 0.0163. The third-order valence-electron chi connectivity index (χ3n) is 30.1. The number of Topliss-reactive ketones (excluding diaryl/α,β-unsaturated/α-hetero) is 2. The number of hydrogen-bond donors (Lipinski definition) is 0. The molecule has 11 rings (SSSR count). The number of carbonyl (C=O) groups excluding carboxylic acids is 4. The van der Waals surface area contributed by atoms with E-state index in [0.717, 1.165) is 103 Å². The van der Waals surface area contributed by atoms with Crippen molar-refractivity contribution in [1.82, 2.24) is 0 Å². The fourth-order valence-corrected chi connectivity index (χ4v) is 85.8. The summed E-state index contributed by atoms with van der Waals surface area (Å²) in [5.74, 6) is 0.852. The van der Waals surface area contributed by atoms with Crippen molar-refractivity contribution in [2.75, 3.05) is 19.8 Å². The molecule has 0 spiro atoms. The van der Waals surface area contributed by atoms with Crippen LogP contribution in [0.25, 0.3) is 0 Å². The van der Waals surface area contributed by atoms with Crippen molar-refractivity contribution >= 4 is 278 Å². The van der Waals surface area contributed by atoms with E-state index in [1.54, 1.807) is 151 Å². The largest absolute Gasteiger partial charge is 0.460 e. The molecule has 1 heterocycles. The van der Waals surface area contributed by atoms with Gasteiger partial charge < -0.3 is 31.6 Å². The predicted octanol–water partition coefficient (Wildman–Crippen LogP) is 18.0. The first-order chi connectivity index (χ1) is 59.0. The van der Waals surface area contributed by atoms with E-state index in [0.29, 0.717) is 49.8 Å². The molecule has 7 aliphatic rings. The number of carbonyl (C=O) groups is 4. The highest BCUT2D eigenvalue weighted by atomic mass is 33.5. The van der Waals surface area contributed by atoms with Gasteiger partial charge in [-0.1, -0.05) is 239 Å². The van der Waals surface area contributed by atoms with E-state index in [4.69, 9.17) is 54.0 Å². The standard InChI is InChI=1S/C46H72O6Si3.C41H62O5Si2.S21/c1-12-45(33-50-54(13-2,14-3)15-4)30-39(44(9)34(5)26-28-46(29-27-38(47)41(44)46)37-32-53(10,11)52-42(37)45)51-40(48)31-49-55(43(6,7)8,35-22-18-16-19-23-35)36-24-20-17-21-25-36;1-11-40(12-2)27-34(39(8)29(3)23-25-41(26-24-33(42)36(39)41)30(4)37(40)46-47(9)10)45-35(43)28-44-48(38(5,6)7,31-19-15-13-16-20-31)32-21-17-14-18-22-32;1-3-5-7-9-11-13-15-17-19-21-20-18-16-14-12-10-8-6-4-2/h16-25,34,37,39,41-42H,12-15,26-33H2,1-11H3;13-22,29-30,34,36-37,47H,11-12,23-28H2,1-10H3;/t34-,37+,39-,41?,42+,44+,45-,46+;29-,30+,34-,36?,37+,39+,41+;/m11./s1. The lowest BCUT2D eigenvalue weighted by atomic mass is 9.43. The minimum atomic E-state index is -2.99. The van der Waals surface area contributed by atoms with Gasteiger partial charge in [0.05, 0.1) is 12.2 Å². The first kappa shape index (κ1) is 108. The highest BCUT2D eigenvalue weighted by molar-refractivity contribution is 8.78. The smallest absolute Gasteiger partial charge is 0.331 e. The Bertz CT molecular complexity index is 5120. The Morgan fingerprint density at radius 1 is 0.492 bits per heavy atom. The summed E-state index contributed by atoms with van der Waals surface area (Å²) in [4.78, 5) is 57.8. The van der Waals surface area contributed by atoms with Crippen molar-refractivity contribution in [1.29, 1.82) is 0 Å². The summed E-state index contributed by atoms with van der Waals surface area (Å²) in [5, 5.41) is 4.02. The first-order valence-corrected chi connectivity index (χ1v) is 82.7. The highest BCUT2D eigenvalue weighted by Crippen LogP contribution is 2.72. The molecule has 4 aromatic rings. The zero-order valence-electron chi connectivity index (χ0n) is 76.1. The molecule has 2 unspecified atom stereocenters. The zero-order chi connectivity index (χ0) is 90.6. The van der Waals surface area contributed by atoms with E-state index in [1.165, 1.54) is 17.8 Å². The lowest BCUT2D eigenvalue weighted by Crippen LogP contribution is -2.67. The normalized spacial score (nSPS) is 28.4. The number of benzene rings is 4. The molecule has 7 fully saturated rings. The van der Waals surface area contributed by atoms with E-state index in [9.17, 15) is 19.2 Å². The fourth-order valence-electron chi connectivity index (χ4n) is 23.5. The van der Waals surface area contributed by atoms with Crippen LogP contribution in [0.15, 0.2) is 121 Å². The van der Waals surface area contributed by atoms with Crippen LogP contribution in [0.4, 0.5) is 0 Å². The van der Waals surface area contributed by atoms with Gasteiger partial charge in [-0.15, -0.1) is 0 Å². The molecule has 0 aromatic heterocycles. The van der Waals surface area contributed by atoms with Crippen LogP contribution in [0.1, 0.15) is 201 Å². The number of fused-ring (bicyclic) bond motifs is 1. The average molecular weight is 2170 g/mol. The Balaban J connectivity index is 0.000000231. The van der Waals surface area contributed by atoms with Gasteiger partial charge in [0.15, 0.2) is 25.7 Å². The Morgan fingerprint density at radius 3 is 1.15 bits per heavy atom. The lowest BCUT2D eigenvalue weighted by Gasteiger charge is -2.63. The van der Waals surface area contributed by atoms with Gasteiger partial charge in [-0.2, -0.15) is 0 Å². The molecular formula is C87H134O11S21Si5. The van der Waals surface area contributed by atoms with Crippen LogP contribution in [0, 0.1) is 68.0 Å². The van der Waals surface area contributed by atoms with Gasteiger partial charge in [-0.05, 0) is 192 Å². The molecule has 4 aromatic carbocycles. The third-order valence-corrected chi connectivity index (χ3v) is 87.9. The minimum Gasteiger partial charge on any atom is -0.460 e. The molecule has 1 aliphatic heterocycles. The Morgan fingerprint density at radius 2 is 0.823 bits per heavy atom. The Kier molecular flexibility index (Phi) is 42.5. The molecule has 1 saturated heterocycles. The molecule has 11 nitrogen and oxygen atoms in total. The van der Waals surface area contributed by atoms with Crippen LogP contribution in [-0.4, -0.2) is 110 Å². The number of esters is 2. The first-order valence-electron chi connectivity index (χ1n) is 43.8. The van der Waals surface area contributed by atoms with E-state index < -0.39 is 65.3 Å². The molecular weight excluding hydrogens is 2030 g/mol. The number of ether oxygens (including phenoxy) is 2. The molecule has 0 amide bonds. The molecule has 0 N–H and O–H groups in total. The van der Waals surface area contributed by atoms with E-state index in [1.807, 2.05) is 24.3 Å². The van der Waals surface area contributed by atoms with Crippen molar-refractivity contribution in [2.24, 2.45) is 68.0 Å². The van der Waals surface area contributed by atoms with Crippen LogP contribution in [-0.2, 0) is 242 Å². The predicted molar refractivity (Wildman–Crippen MR) is 587 cm³/mol. The average Bonchev–Trinajstić information content (AvgIpc) is 1.49. The summed E-state index contributed by atoms with van der Waals surface area (Å²) in [6, 6.07) is 46.2. The van der Waals surface area contributed by atoms with Gasteiger partial charge in [-0.3, -0.25) is 9.59 Å². The van der Waals surface area contributed by atoms with Crippen molar-refractivity contribution < 1.29 is 50.8 Å². The number of ketones is 2. The second-order valence-corrected chi connectivity index (χ2v) is 91.8. The quantitative estimate of drug-likeness (QED) is 0.0516. The topological polar surface area (TPSA) is 133 Å². The third kappa shape index (κ3) is 24.2. The van der Waals surface area contributed by atoms with Crippen molar-refractivity contribution in [3.05, 3.63) is 121 Å². The molecule has 0 radical (unpaired) electrons. The fraction of sp³-hybridized carbons (Fsp3) is 0.678. The number of hydrogen-bond acceptors (Lipinski definition) is 13. The lowest BCUT2D eigenvalue weighted by molar-refractivity contribution is -0.212. The summed E-state index contributed by atoms with van der Waals surface area (Å²) in [5.41, 5.74) is -1.72. The van der Waals surface area contributed by atoms with Crippen molar-refractivity contribution in [2.45, 2.75) is 286 Å². The second-order valence-electron chi connectivity index (χ2n) is 38.3. The summed E-state index contributed by atoms with van der Waals surface area (Å²) in [7, 11) is 21.3. The van der Waals surface area contributed by atoms with Gasteiger partial charge in [0.2, 0.25) is 0 Å². The van der Waals surface area contributed by atoms with Crippen LogP contribution in [0.3, 0.4) is 0 Å². The van der Waals surface area contributed by atoms with Gasteiger partial charge in [0.1, 0.15) is 37.0 Å². The monoisotopic (exact) mass is 2170 g/mol. The van der Waals surface area contributed by atoms with E-state index >= 15 is 0 Å². The van der Waals surface area contributed by atoms with Gasteiger partial charge in [0, 0.05) is 239 Å². The van der Waals surface area contributed by atoms with Crippen molar-refractivity contribution in [3.8, 4) is 0 Å². The molecule has 4 bridgehead atoms. The van der Waals surface area contributed by atoms with E-state index in [-0.39, 0.29) is 98.7 Å². The zero-order valence-corrected chi connectivity index (χ0v) is 98.4. The summed E-state index contributed by atoms with van der Waals surface area (Å²) >= 11 is 9.52. The summed E-state index contributed by atoms with van der Waals surface area (Å²) < 4.78 is 49.9. The SMILES string of the molecule is CCC1(CC)C[C@@H](OC(=O)CO[Si](c2ccccc2)(c2ccccc2)C(C)(C)C)[C@@]2(C)C3C(=O)CC[C@@]3(CC[C@H]2C)[C@@H](C)[C@@H]1O[SiH](C)C.CC[C@]1(CO[Si](CC)(CC)CC)C[C@@H](OC(=O)CO[Si](c2ccccc2)(c2ccccc2)C(C)(C)C)[C@@]2(C)C3C(=O)CC[C@@]3(CC[C@H]2C)[C@H]2C[Si](C)(C)O[C@@H]21.S=S=S=S=S=S=S=S=S=S=S=S=S=S=S=S=S=S=S=S=S. The maximum Gasteiger partial charge on any atom is 0.331 e. The molecule has 6 aliphatic carbocycles. The van der Waals surface area contributed by atoms with Crippen molar-refractivity contribution in [3.63, 3.8) is 0 Å². The van der Waals surface area contributed by atoms with Gasteiger partial charge >= 0.3 is 11.9 Å². The summed E-state index contributed by atoms with van der Waals surface area (Å²) in [6.07, 6.45) is 10.5. The molecule has 37 heteroatoms. The molecule has 694 valence electrons. The molecule has 15 atom stereocenters. The maximum atomic E-state index is 14.8. The Labute approximate surface area is 813 Å². The van der Waals surface area contributed by atoms with Crippen LogP contribution in [0.5, 0.6) is 0 Å². The van der Waals surface area contributed by atoms with Crippen LogP contribution < -0.4 is 20.7 Å². The van der Waals surface area contributed by atoms with Crippen LogP contribution >= 0.6 is 0 Å². The highest BCUT2D eigenvalue weighted by Gasteiger charge is 2.73. The maximum absolute atomic E-state index is 14.8. The molecule has 124 heavy (non-hydrogen) atoms. The Hall–Kier alpha value is 0.664. The van der Waals surface area contributed by atoms with Gasteiger partial charge in [-0.25, -0.2) is 9.59 Å². The van der Waals surface area contributed by atoms with E-state index in [2.05, 4.69) is 241 Å². The van der Waals surface area contributed by atoms with Gasteiger partial charge in [0.25, 0.3) is 16.6 Å². The van der Waals surface area contributed by atoms with Crippen LogP contribution in [0.2, 0.25) is 60.4 Å². The second kappa shape index (κ2) is 48.6. The number of rotatable bonds is 23. The summed E-state index contributed by atoms with van der Waals surface area (Å²) in [6.45, 7) is 48.5.